The fraction of sp³-hybridized carbons (Fsp3) is 0.562. The monoisotopic (exact) mass is 290 g/mol. The summed E-state index contributed by atoms with van der Waals surface area (Å²) in [5.41, 5.74) is 1.20. The molecule has 1 fully saturated rings. The minimum atomic E-state index is 0.104. The van der Waals surface area contributed by atoms with Gasteiger partial charge in [0.25, 0.3) is 0 Å². The predicted octanol–water partition coefficient (Wildman–Crippen LogP) is 3.35. The quantitative estimate of drug-likeness (QED) is 0.836. The molecule has 0 unspecified atom stereocenters. The van der Waals surface area contributed by atoms with E-state index < -0.39 is 0 Å². The van der Waals surface area contributed by atoms with Crippen LogP contribution >= 0.6 is 11.8 Å². The lowest BCUT2D eigenvalue weighted by Crippen LogP contribution is -2.34. The zero-order valence-electron chi connectivity index (χ0n) is 12.0. The van der Waals surface area contributed by atoms with Gasteiger partial charge in [-0.05, 0) is 36.8 Å². The number of nitrogens with one attached hydrogen (secondary N) is 1. The SMILES string of the molecule is CSC1(CNCc2cccc(OCC#N)c2)CCCC1. The summed E-state index contributed by atoms with van der Waals surface area (Å²) in [6.07, 6.45) is 7.60. The lowest BCUT2D eigenvalue weighted by atomic mass is 10.1. The van der Waals surface area contributed by atoms with Gasteiger partial charge in [-0.3, -0.25) is 0 Å². The maximum Gasteiger partial charge on any atom is 0.174 e. The van der Waals surface area contributed by atoms with Gasteiger partial charge in [0.05, 0.1) is 0 Å². The molecule has 1 saturated carbocycles. The lowest BCUT2D eigenvalue weighted by molar-refractivity contribution is 0.367. The van der Waals surface area contributed by atoms with Crippen molar-refractivity contribution in [3.05, 3.63) is 29.8 Å². The smallest absolute Gasteiger partial charge is 0.174 e. The molecule has 1 N–H and O–H groups in total. The van der Waals surface area contributed by atoms with Crippen LogP contribution in [-0.2, 0) is 6.54 Å². The zero-order valence-corrected chi connectivity index (χ0v) is 12.8. The molecule has 0 spiro atoms. The number of hydrogen-bond donors (Lipinski definition) is 1. The summed E-state index contributed by atoms with van der Waals surface area (Å²) in [4.78, 5) is 0. The molecule has 2 rings (SSSR count). The predicted molar refractivity (Wildman–Crippen MR) is 84.0 cm³/mol. The maximum absolute atomic E-state index is 8.53. The topological polar surface area (TPSA) is 45.0 Å². The van der Waals surface area contributed by atoms with Crippen molar-refractivity contribution >= 4 is 11.8 Å². The number of ether oxygens (including phenoxy) is 1. The van der Waals surface area contributed by atoms with E-state index in [0.717, 1.165) is 18.8 Å². The summed E-state index contributed by atoms with van der Waals surface area (Å²) in [5, 5.41) is 12.1. The molecule has 1 aromatic carbocycles. The molecule has 1 aliphatic carbocycles. The van der Waals surface area contributed by atoms with E-state index in [1.54, 1.807) is 0 Å². The molecule has 0 bridgehead atoms. The van der Waals surface area contributed by atoms with Crippen LogP contribution in [0.25, 0.3) is 0 Å². The van der Waals surface area contributed by atoms with Crippen LogP contribution in [-0.4, -0.2) is 24.2 Å². The summed E-state index contributed by atoms with van der Waals surface area (Å²) in [7, 11) is 0. The standard InChI is InChI=1S/C16H22N2OS/c1-20-16(7-2-3-8-16)13-18-12-14-5-4-6-15(11-14)19-10-9-17/h4-6,11,18H,2-3,7-8,10,12-13H2,1H3. The first-order valence-corrected chi connectivity index (χ1v) is 8.35. The van der Waals surface area contributed by atoms with Crippen molar-refractivity contribution in [1.82, 2.24) is 5.32 Å². The molecule has 0 aromatic heterocycles. The molecule has 108 valence electrons. The third kappa shape index (κ3) is 4.16. The fourth-order valence-corrected chi connectivity index (χ4v) is 3.71. The Hall–Kier alpha value is -1.18. The fourth-order valence-electron chi connectivity index (χ4n) is 2.77. The van der Waals surface area contributed by atoms with Crippen LogP contribution in [0.15, 0.2) is 24.3 Å². The van der Waals surface area contributed by atoms with Crippen molar-refractivity contribution in [3.63, 3.8) is 0 Å². The summed E-state index contributed by atoms with van der Waals surface area (Å²) in [6.45, 7) is 2.02. The number of benzene rings is 1. The maximum atomic E-state index is 8.53. The highest BCUT2D eigenvalue weighted by atomic mass is 32.2. The Balaban J connectivity index is 1.83. The van der Waals surface area contributed by atoms with E-state index in [4.69, 9.17) is 10.00 Å². The van der Waals surface area contributed by atoms with Crippen molar-refractivity contribution in [2.45, 2.75) is 37.0 Å². The first-order chi connectivity index (χ1) is 9.78. The summed E-state index contributed by atoms with van der Waals surface area (Å²) >= 11 is 2.01. The van der Waals surface area contributed by atoms with Gasteiger partial charge in [-0.2, -0.15) is 17.0 Å². The third-order valence-electron chi connectivity index (χ3n) is 3.93. The van der Waals surface area contributed by atoms with Gasteiger partial charge in [-0.25, -0.2) is 0 Å². The molecule has 3 nitrogen and oxygen atoms in total. The van der Waals surface area contributed by atoms with Gasteiger partial charge in [0.15, 0.2) is 6.61 Å². The number of rotatable bonds is 7. The van der Waals surface area contributed by atoms with Gasteiger partial charge in [0.1, 0.15) is 11.8 Å². The summed E-state index contributed by atoms with van der Waals surface area (Å²) in [6, 6.07) is 9.95. The zero-order chi connectivity index (χ0) is 14.3. The van der Waals surface area contributed by atoms with Gasteiger partial charge in [-0.15, -0.1) is 0 Å². The van der Waals surface area contributed by atoms with Gasteiger partial charge >= 0.3 is 0 Å². The van der Waals surface area contributed by atoms with Crippen molar-refractivity contribution in [1.29, 1.82) is 5.26 Å². The Kier molecular flexibility index (Phi) is 5.75. The summed E-state index contributed by atoms with van der Waals surface area (Å²) < 4.78 is 5.76. The van der Waals surface area contributed by atoms with Crippen LogP contribution in [0.1, 0.15) is 31.2 Å². The molecular formula is C16H22N2OS. The van der Waals surface area contributed by atoms with E-state index in [1.807, 2.05) is 36.0 Å². The molecule has 20 heavy (non-hydrogen) atoms. The normalized spacial score (nSPS) is 16.8. The first kappa shape index (κ1) is 15.2. The van der Waals surface area contributed by atoms with Gasteiger partial charge in [0.2, 0.25) is 0 Å². The first-order valence-electron chi connectivity index (χ1n) is 7.13. The van der Waals surface area contributed by atoms with E-state index in [-0.39, 0.29) is 6.61 Å². The van der Waals surface area contributed by atoms with Crippen LogP contribution in [0.5, 0.6) is 5.75 Å². The second kappa shape index (κ2) is 7.56. The van der Waals surface area contributed by atoms with Crippen LogP contribution in [0.2, 0.25) is 0 Å². The van der Waals surface area contributed by atoms with E-state index >= 15 is 0 Å². The molecule has 0 amide bonds. The molecule has 4 heteroatoms. The highest BCUT2D eigenvalue weighted by molar-refractivity contribution is 8.00. The van der Waals surface area contributed by atoms with Gasteiger partial charge in [0, 0.05) is 17.8 Å². The molecule has 0 atom stereocenters. The van der Waals surface area contributed by atoms with Crippen molar-refractivity contribution in [2.75, 3.05) is 19.4 Å². The largest absolute Gasteiger partial charge is 0.479 e. The van der Waals surface area contributed by atoms with Crippen LogP contribution in [0.4, 0.5) is 0 Å². The second-order valence-electron chi connectivity index (χ2n) is 5.29. The van der Waals surface area contributed by atoms with Crippen LogP contribution in [0, 0.1) is 11.3 Å². The average Bonchev–Trinajstić information content (AvgIpc) is 2.95. The third-order valence-corrected chi connectivity index (χ3v) is 5.34. The molecule has 0 heterocycles. The Bertz CT molecular complexity index is 464. The highest BCUT2D eigenvalue weighted by Crippen LogP contribution is 2.39. The highest BCUT2D eigenvalue weighted by Gasteiger charge is 2.32. The minimum Gasteiger partial charge on any atom is -0.479 e. The lowest BCUT2D eigenvalue weighted by Gasteiger charge is -2.27. The molecular weight excluding hydrogens is 268 g/mol. The van der Waals surface area contributed by atoms with E-state index in [0.29, 0.717) is 4.75 Å². The average molecular weight is 290 g/mol. The Morgan fingerprint density at radius 3 is 2.90 bits per heavy atom. The second-order valence-corrected chi connectivity index (χ2v) is 6.57. The van der Waals surface area contributed by atoms with Crippen molar-refractivity contribution in [2.24, 2.45) is 0 Å². The molecule has 0 radical (unpaired) electrons. The van der Waals surface area contributed by atoms with Crippen molar-refractivity contribution < 1.29 is 4.74 Å². The van der Waals surface area contributed by atoms with Gasteiger partial charge < -0.3 is 10.1 Å². The molecule has 1 aromatic rings. The Morgan fingerprint density at radius 1 is 1.40 bits per heavy atom. The molecule has 1 aliphatic rings. The van der Waals surface area contributed by atoms with Crippen LogP contribution < -0.4 is 10.1 Å². The minimum absolute atomic E-state index is 0.104. The molecule has 0 saturated heterocycles. The van der Waals surface area contributed by atoms with Gasteiger partial charge in [-0.1, -0.05) is 25.0 Å². The van der Waals surface area contributed by atoms with E-state index in [2.05, 4.69) is 17.6 Å². The number of nitriles is 1. The molecule has 0 aliphatic heterocycles. The number of thioether (sulfide) groups is 1. The number of hydrogen-bond acceptors (Lipinski definition) is 4. The summed E-state index contributed by atoms with van der Waals surface area (Å²) in [5.74, 6) is 0.770. The van der Waals surface area contributed by atoms with E-state index in [1.165, 1.54) is 31.2 Å². The Morgan fingerprint density at radius 2 is 2.20 bits per heavy atom. The van der Waals surface area contributed by atoms with Crippen LogP contribution in [0.3, 0.4) is 0 Å². The Labute approximate surface area is 125 Å². The van der Waals surface area contributed by atoms with Crippen molar-refractivity contribution in [3.8, 4) is 11.8 Å². The van der Waals surface area contributed by atoms with E-state index in [9.17, 15) is 0 Å². The number of nitrogens with zero attached hydrogens (tertiary/aromatic N) is 1.